The molecule has 0 heterocycles. The Hall–Kier alpha value is -1.38. The van der Waals surface area contributed by atoms with Crippen LogP contribution < -0.4 is 11.1 Å². The smallest absolute Gasteiger partial charge is 0.0452 e. The molecule has 3 rings (SSSR count). The summed E-state index contributed by atoms with van der Waals surface area (Å²) >= 11 is 0. The lowest BCUT2D eigenvalue weighted by molar-refractivity contribution is 0.446. The van der Waals surface area contributed by atoms with E-state index < -0.39 is 0 Å². The van der Waals surface area contributed by atoms with E-state index in [2.05, 4.69) is 47.8 Å². The third-order valence-electron chi connectivity index (χ3n) is 4.23. The van der Waals surface area contributed by atoms with E-state index in [0.717, 1.165) is 0 Å². The van der Waals surface area contributed by atoms with Crippen molar-refractivity contribution in [3.63, 3.8) is 0 Å². The highest BCUT2D eigenvalue weighted by atomic mass is 15.0. The monoisotopic (exact) mass is 254 g/mol. The summed E-state index contributed by atoms with van der Waals surface area (Å²) in [6.07, 6.45) is 5.29. The van der Waals surface area contributed by atoms with Crippen molar-refractivity contribution in [2.24, 2.45) is 5.73 Å². The van der Waals surface area contributed by atoms with E-state index in [0.29, 0.717) is 12.6 Å². The predicted octanol–water partition coefficient (Wildman–Crippen LogP) is 3.37. The lowest BCUT2D eigenvalue weighted by atomic mass is 9.98. The van der Waals surface area contributed by atoms with E-state index in [1.807, 2.05) is 0 Å². The van der Waals surface area contributed by atoms with Crippen LogP contribution in [0.5, 0.6) is 0 Å². The number of nitrogens with two attached hydrogens (primary N) is 1. The van der Waals surface area contributed by atoms with Crippen molar-refractivity contribution in [1.82, 2.24) is 5.32 Å². The highest BCUT2D eigenvalue weighted by Gasteiger charge is 2.20. The van der Waals surface area contributed by atoms with Crippen molar-refractivity contribution in [3.8, 4) is 0 Å². The molecule has 0 aromatic heterocycles. The maximum Gasteiger partial charge on any atom is 0.0452 e. The first-order valence-electron chi connectivity index (χ1n) is 7.32. The predicted molar refractivity (Wildman–Crippen MR) is 81.1 cm³/mol. The van der Waals surface area contributed by atoms with Crippen LogP contribution in [0.3, 0.4) is 0 Å². The Kier molecular flexibility index (Phi) is 3.81. The summed E-state index contributed by atoms with van der Waals surface area (Å²) in [7, 11) is 0. The van der Waals surface area contributed by atoms with Crippen molar-refractivity contribution >= 4 is 10.8 Å². The molecule has 0 amide bonds. The van der Waals surface area contributed by atoms with Gasteiger partial charge < -0.3 is 11.1 Å². The summed E-state index contributed by atoms with van der Waals surface area (Å²) in [4.78, 5) is 0. The minimum Gasteiger partial charge on any atom is -0.329 e. The van der Waals surface area contributed by atoms with Crippen LogP contribution >= 0.6 is 0 Å². The number of rotatable bonds is 4. The average Bonchev–Trinajstić information content (AvgIpc) is 2.97. The summed E-state index contributed by atoms with van der Waals surface area (Å²) < 4.78 is 0. The fourth-order valence-corrected chi connectivity index (χ4v) is 3.22. The van der Waals surface area contributed by atoms with E-state index in [9.17, 15) is 0 Å². The van der Waals surface area contributed by atoms with Crippen molar-refractivity contribution in [3.05, 3.63) is 48.0 Å². The highest BCUT2D eigenvalue weighted by Crippen LogP contribution is 2.26. The summed E-state index contributed by atoms with van der Waals surface area (Å²) in [5.41, 5.74) is 7.35. The molecule has 0 aliphatic heterocycles. The molecule has 1 unspecified atom stereocenters. The van der Waals surface area contributed by atoms with Gasteiger partial charge in [-0.15, -0.1) is 0 Å². The molecule has 19 heavy (non-hydrogen) atoms. The van der Waals surface area contributed by atoms with Gasteiger partial charge in [0.05, 0.1) is 0 Å². The zero-order valence-electron chi connectivity index (χ0n) is 11.3. The summed E-state index contributed by atoms with van der Waals surface area (Å²) in [5, 5.41) is 6.37. The van der Waals surface area contributed by atoms with Gasteiger partial charge >= 0.3 is 0 Å². The van der Waals surface area contributed by atoms with E-state index >= 15 is 0 Å². The quantitative estimate of drug-likeness (QED) is 0.878. The molecule has 1 saturated carbocycles. The molecule has 0 saturated heterocycles. The lowest BCUT2D eigenvalue weighted by Crippen LogP contribution is -2.35. The molecular weight excluding hydrogens is 232 g/mol. The second-order valence-electron chi connectivity index (χ2n) is 5.50. The van der Waals surface area contributed by atoms with Gasteiger partial charge in [-0.2, -0.15) is 0 Å². The van der Waals surface area contributed by atoms with Gasteiger partial charge in [0.1, 0.15) is 0 Å². The molecule has 0 radical (unpaired) electrons. The standard InChI is InChI=1S/C17H22N2/c18-12-17(19-14-8-2-3-9-14)16-11-5-7-13-6-1-4-10-15(13)16/h1,4-7,10-11,14,17,19H,2-3,8-9,12,18H2. The second kappa shape index (κ2) is 5.72. The largest absolute Gasteiger partial charge is 0.329 e. The van der Waals surface area contributed by atoms with Gasteiger partial charge in [-0.05, 0) is 29.2 Å². The van der Waals surface area contributed by atoms with Crippen LogP contribution in [0.1, 0.15) is 37.3 Å². The molecule has 2 heteroatoms. The SMILES string of the molecule is NCC(NC1CCCC1)c1cccc2ccccc12. The van der Waals surface area contributed by atoms with Crippen molar-refractivity contribution in [2.75, 3.05) is 6.54 Å². The van der Waals surface area contributed by atoms with Crippen LogP contribution in [0.25, 0.3) is 10.8 Å². The Balaban J connectivity index is 1.91. The molecule has 0 bridgehead atoms. The number of fused-ring (bicyclic) bond motifs is 1. The Labute approximate surface area is 115 Å². The zero-order valence-corrected chi connectivity index (χ0v) is 11.3. The summed E-state index contributed by atoms with van der Waals surface area (Å²) in [5.74, 6) is 0. The number of hydrogen-bond donors (Lipinski definition) is 2. The van der Waals surface area contributed by atoms with Crippen molar-refractivity contribution < 1.29 is 0 Å². The van der Waals surface area contributed by atoms with Crippen LogP contribution in [0.4, 0.5) is 0 Å². The lowest BCUT2D eigenvalue weighted by Gasteiger charge is -2.23. The molecule has 0 spiro atoms. The van der Waals surface area contributed by atoms with E-state index in [-0.39, 0.29) is 6.04 Å². The van der Waals surface area contributed by atoms with Gasteiger partial charge in [-0.1, -0.05) is 55.3 Å². The Morgan fingerprint density at radius 1 is 1.05 bits per heavy atom. The van der Waals surface area contributed by atoms with E-state index in [4.69, 9.17) is 5.73 Å². The van der Waals surface area contributed by atoms with Crippen LogP contribution in [0, 0.1) is 0 Å². The molecule has 1 fully saturated rings. The van der Waals surface area contributed by atoms with Gasteiger partial charge in [0.2, 0.25) is 0 Å². The molecule has 1 atom stereocenters. The fourth-order valence-electron chi connectivity index (χ4n) is 3.22. The second-order valence-corrected chi connectivity index (χ2v) is 5.50. The van der Waals surface area contributed by atoms with E-state index in [1.165, 1.54) is 42.0 Å². The molecule has 100 valence electrons. The molecule has 1 aliphatic rings. The Morgan fingerprint density at radius 3 is 2.58 bits per heavy atom. The summed E-state index contributed by atoms with van der Waals surface area (Å²) in [6, 6.07) is 16.0. The maximum absolute atomic E-state index is 6.01. The molecule has 1 aliphatic carbocycles. The molecule has 2 nitrogen and oxygen atoms in total. The highest BCUT2D eigenvalue weighted by molar-refractivity contribution is 5.86. The van der Waals surface area contributed by atoms with Crippen molar-refractivity contribution in [1.29, 1.82) is 0 Å². The third-order valence-corrected chi connectivity index (χ3v) is 4.23. The Bertz CT molecular complexity index is 538. The molecule has 2 aromatic carbocycles. The minimum absolute atomic E-state index is 0.272. The van der Waals surface area contributed by atoms with Gasteiger partial charge in [0.25, 0.3) is 0 Å². The zero-order chi connectivity index (χ0) is 13.1. The normalized spacial score (nSPS) is 17.9. The summed E-state index contributed by atoms with van der Waals surface area (Å²) in [6.45, 7) is 0.657. The first-order valence-corrected chi connectivity index (χ1v) is 7.32. The van der Waals surface area contributed by atoms with Gasteiger partial charge in [-0.25, -0.2) is 0 Å². The topological polar surface area (TPSA) is 38.0 Å². The first kappa shape index (κ1) is 12.6. The van der Waals surface area contributed by atoms with Crippen molar-refractivity contribution in [2.45, 2.75) is 37.8 Å². The Morgan fingerprint density at radius 2 is 1.79 bits per heavy atom. The third kappa shape index (κ3) is 2.65. The van der Waals surface area contributed by atoms with Gasteiger partial charge in [0, 0.05) is 18.6 Å². The van der Waals surface area contributed by atoms with Crippen LogP contribution in [-0.2, 0) is 0 Å². The van der Waals surface area contributed by atoms with Crippen LogP contribution in [0.15, 0.2) is 42.5 Å². The number of hydrogen-bond acceptors (Lipinski definition) is 2. The van der Waals surface area contributed by atoms with Crippen LogP contribution in [0.2, 0.25) is 0 Å². The fraction of sp³-hybridized carbons (Fsp3) is 0.412. The van der Waals surface area contributed by atoms with Crippen LogP contribution in [-0.4, -0.2) is 12.6 Å². The van der Waals surface area contributed by atoms with Gasteiger partial charge in [0.15, 0.2) is 0 Å². The molecular formula is C17H22N2. The van der Waals surface area contributed by atoms with Gasteiger partial charge in [-0.3, -0.25) is 0 Å². The number of benzene rings is 2. The maximum atomic E-state index is 6.01. The minimum atomic E-state index is 0.272. The average molecular weight is 254 g/mol. The number of nitrogens with one attached hydrogen (secondary N) is 1. The van der Waals surface area contributed by atoms with E-state index in [1.54, 1.807) is 0 Å². The molecule has 3 N–H and O–H groups in total. The first-order chi connectivity index (χ1) is 9.38. The molecule has 2 aromatic rings.